The van der Waals surface area contributed by atoms with Crippen molar-refractivity contribution >= 4 is 29.2 Å². The maximum absolute atomic E-state index is 13.7. The van der Waals surface area contributed by atoms with Crippen molar-refractivity contribution in [2.75, 3.05) is 17.2 Å². The summed E-state index contributed by atoms with van der Waals surface area (Å²) < 4.78 is 47.9. The lowest BCUT2D eigenvalue weighted by Gasteiger charge is -2.34. The van der Waals surface area contributed by atoms with Crippen LogP contribution < -0.4 is 10.6 Å². The van der Waals surface area contributed by atoms with Crippen LogP contribution in [0.25, 0.3) is 22.6 Å². The van der Waals surface area contributed by atoms with Crippen LogP contribution in [-0.2, 0) is 9.53 Å². The third-order valence-corrected chi connectivity index (χ3v) is 7.53. The van der Waals surface area contributed by atoms with Gasteiger partial charge in [-0.1, -0.05) is 12.1 Å². The van der Waals surface area contributed by atoms with Gasteiger partial charge in [0.1, 0.15) is 11.4 Å². The van der Waals surface area contributed by atoms with E-state index in [1.54, 1.807) is 49.7 Å². The number of nitrogen functional groups attached to an aromatic ring is 1. The number of alkyl halides is 3. The molecule has 1 saturated carbocycles. The molecule has 1 fully saturated rings. The number of ether oxygens (including phenoxy) is 1. The molecule has 5 rings (SSSR count). The predicted octanol–water partition coefficient (Wildman–Crippen LogP) is 5.45. The molecule has 1 aliphatic rings. The van der Waals surface area contributed by atoms with Gasteiger partial charge in [-0.3, -0.25) is 9.69 Å². The van der Waals surface area contributed by atoms with E-state index in [-0.39, 0.29) is 49.6 Å². The first-order valence-corrected chi connectivity index (χ1v) is 13.9. The molecule has 222 valence electrons. The van der Waals surface area contributed by atoms with Gasteiger partial charge in [-0.05, 0) is 64.7 Å². The molecule has 0 aliphatic heterocycles. The molecule has 2 N–H and O–H groups in total. The van der Waals surface area contributed by atoms with Crippen LogP contribution in [0.1, 0.15) is 56.8 Å². The Morgan fingerprint density at radius 3 is 2.38 bits per heavy atom. The average Bonchev–Trinajstić information content (AvgIpc) is 3.59. The average molecular weight is 584 g/mol. The fraction of sp³-hybridized carbons (Fsp3) is 0.414. The minimum absolute atomic E-state index is 0.0915. The number of halogens is 3. The number of anilines is 2. The van der Waals surface area contributed by atoms with Gasteiger partial charge in [-0.15, -0.1) is 5.10 Å². The first kappa shape index (κ1) is 29.1. The first-order valence-electron chi connectivity index (χ1n) is 13.9. The molecular weight excluding hydrogens is 551 g/mol. The quantitative estimate of drug-likeness (QED) is 0.287. The molecule has 0 bridgehead atoms. The van der Waals surface area contributed by atoms with Crippen LogP contribution in [-0.4, -0.2) is 55.1 Å². The van der Waals surface area contributed by atoms with Gasteiger partial charge in [-0.2, -0.15) is 22.8 Å². The molecule has 0 saturated heterocycles. The Bertz CT molecular complexity index is 1590. The van der Waals surface area contributed by atoms with E-state index >= 15 is 0 Å². The van der Waals surface area contributed by atoms with Crippen molar-refractivity contribution in [2.24, 2.45) is 11.8 Å². The fourth-order valence-electron chi connectivity index (χ4n) is 5.34. The summed E-state index contributed by atoms with van der Waals surface area (Å²) in [6.07, 6.45) is -1.14. The Balaban J connectivity index is 1.45. The van der Waals surface area contributed by atoms with Gasteiger partial charge in [0, 0.05) is 36.0 Å². The summed E-state index contributed by atoms with van der Waals surface area (Å²) >= 11 is 0. The fourth-order valence-corrected chi connectivity index (χ4v) is 5.34. The normalized spacial score (nSPS) is 17.5. The van der Waals surface area contributed by atoms with E-state index in [4.69, 9.17) is 10.5 Å². The topological polar surface area (TPSA) is 121 Å². The van der Waals surface area contributed by atoms with Gasteiger partial charge in [0.05, 0.1) is 23.9 Å². The van der Waals surface area contributed by atoms with Crippen LogP contribution >= 0.6 is 0 Å². The highest BCUT2D eigenvalue weighted by Crippen LogP contribution is 2.40. The molecule has 3 aromatic heterocycles. The van der Waals surface area contributed by atoms with Crippen LogP contribution in [0.5, 0.6) is 0 Å². The zero-order valence-corrected chi connectivity index (χ0v) is 23.5. The molecule has 10 nitrogen and oxygen atoms in total. The lowest BCUT2D eigenvalue weighted by molar-refractivity contribution is -0.184. The van der Waals surface area contributed by atoms with E-state index in [9.17, 15) is 22.8 Å². The van der Waals surface area contributed by atoms with Gasteiger partial charge < -0.3 is 10.5 Å². The molecule has 42 heavy (non-hydrogen) atoms. The van der Waals surface area contributed by atoms with Crippen LogP contribution in [0.4, 0.5) is 24.8 Å². The Morgan fingerprint density at radius 2 is 1.79 bits per heavy atom. The number of benzene rings is 1. The van der Waals surface area contributed by atoms with Crippen LogP contribution in [0.3, 0.4) is 0 Å². The summed E-state index contributed by atoms with van der Waals surface area (Å²) in [5.41, 5.74) is 8.76. The van der Waals surface area contributed by atoms with Crippen LogP contribution in [0, 0.1) is 11.8 Å². The number of nitrogens with two attached hydrogens (primary N) is 1. The molecule has 1 aromatic carbocycles. The van der Waals surface area contributed by atoms with Crippen molar-refractivity contribution in [1.29, 1.82) is 0 Å². The summed E-state index contributed by atoms with van der Waals surface area (Å²) in [6, 6.07) is 10.3. The highest BCUT2D eigenvalue weighted by atomic mass is 19.4. The summed E-state index contributed by atoms with van der Waals surface area (Å²) in [5, 5.41) is 9.13. The van der Waals surface area contributed by atoms with Gasteiger partial charge in [0.15, 0.2) is 11.5 Å². The number of fused-ring (bicyclic) bond motifs is 1. The largest absolute Gasteiger partial charge is 0.462 e. The summed E-state index contributed by atoms with van der Waals surface area (Å²) in [5.74, 6) is -2.44. The smallest absolute Gasteiger partial charge is 0.391 e. The molecule has 0 atom stereocenters. The van der Waals surface area contributed by atoms with Gasteiger partial charge in [-0.25, -0.2) is 14.5 Å². The second kappa shape index (κ2) is 11.5. The second-order valence-electron chi connectivity index (χ2n) is 10.6. The van der Waals surface area contributed by atoms with E-state index in [1.165, 1.54) is 15.8 Å². The first-order chi connectivity index (χ1) is 20.0. The Hall–Kier alpha value is -4.42. The van der Waals surface area contributed by atoms with Crippen molar-refractivity contribution in [3.8, 4) is 16.9 Å². The van der Waals surface area contributed by atoms with Crippen molar-refractivity contribution < 1.29 is 27.5 Å². The molecule has 0 radical (unpaired) electrons. The Morgan fingerprint density at radius 1 is 1.10 bits per heavy atom. The minimum Gasteiger partial charge on any atom is -0.462 e. The zero-order chi connectivity index (χ0) is 30.2. The number of nitrogens with zero attached hydrogens (tertiary/aromatic N) is 6. The summed E-state index contributed by atoms with van der Waals surface area (Å²) in [7, 11) is 0. The third kappa shape index (κ3) is 5.68. The van der Waals surface area contributed by atoms with Crippen molar-refractivity contribution in [3.63, 3.8) is 0 Å². The highest BCUT2D eigenvalue weighted by molar-refractivity contribution is 6.02. The number of amides is 1. The van der Waals surface area contributed by atoms with E-state index in [2.05, 4.69) is 15.2 Å². The van der Waals surface area contributed by atoms with Gasteiger partial charge in [0.25, 0.3) is 0 Å². The number of hydrogen-bond acceptors (Lipinski definition) is 7. The van der Waals surface area contributed by atoms with Crippen LogP contribution in [0.15, 0.2) is 48.8 Å². The van der Waals surface area contributed by atoms with Gasteiger partial charge in [0.2, 0.25) is 5.91 Å². The van der Waals surface area contributed by atoms with Crippen LogP contribution in [0.2, 0.25) is 0 Å². The molecule has 0 unspecified atom stereocenters. The number of carbonyl (C=O) groups excluding carboxylic acids is 2. The van der Waals surface area contributed by atoms with Crippen molar-refractivity contribution in [2.45, 2.75) is 58.7 Å². The monoisotopic (exact) mass is 583 g/mol. The standard InChI is InChI=1S/C29H32F3N7O3/c1-4-42-28(41)22-16-37(21-11-7-18(8-12-21)23-15-25-34-14-13-24(33)39(25)35-23)36-26(22)38(17(2)3)27(40)19-5-9-20(10-6-19)29(30,31)32/h7-8,11-17,19-20H,4-6,9-10,33H2,1-3H3. The molecule has 1 aliphatic carbocycles. The lowest BCUT2D eigenvalue weighted by Crippen LogP contribution is -2.44. The molecule has 3 heterocycles. The SMILES string of the molecule is CCOC(=O)c1cn(-c2ccc(-c3cc4nccc(N)n4n3)cc2)nc1N(C(=O)C1CCC(C(F)(F)F)CC1)C(C)C. The summed E-state index contributed by atoms with van der Waals surface area (Å²) in [6.45, 7) is 5.35. The van der Waals surface area contributed by atoms with E-state index < -0.39 is 30.0 Å². The van der Waals surface area contributed by atoms with Crippen molar-refractivity contribution in [3.05, 3.63) is 54.4 Å². The summed E-state index contributed by atoms with van der Waals surface area (Å²) in [4.78, 5) is 32.3. The second-order valence-corrected chi connectivity index (χ2v) is 10.6. The lowest BCUT2D eigenvalue weighted by atomic mass is 9.81. The Labute approximate surface area is 240 Å². The molecular formula is C29H32F3N7O3. The molecule has 1 amide bonds. The predicted molar refractivity (Wildman–Crippen MR) is 150 cm³/mol. The third-order valence-electron chi connectivity index (χ3n) is 7.53. The van der Waals surface area contributed by atoms with E-state index in [0.717, 1.165) is 5.56 Å². The molecule has 13 heteroatoms. The zero-order valence-electron chi connectivity index (χ0n) is 23.5. The minimum atomic E-state index is -4.27. The number of aromatic nitrogens is 5. The highest BCUT2D eigenvalue weighted by Gasteiger charge is 2.44. The van der Waals surface area contributed by atoms with Gasteiger partial charge >= 0.3 is 12.1 Å². The van der Waals surface area contributed by atoms with E-state index in [1.807, 2.05) is 18.2 Å². The number of rotatable bonds is 7. The number of carbonyl (C=O) groups is 2. The maximum Gasteiger partial charge on any atom is 0.391 e. The van der Waals surface area contributed by atoms with E-state index in [0.29, 0.717) is 22.8 Å². The maximum atomic E-state index is 13.7. The Kier molecular flexibility index (Phi) is 7.93. The molecule has 0 spiro atoms. The molecule has 4 aromatic rings. The number of hydrogen-bond donors (Lipinski definition) is 1. The van der Waals surface area contributed by atoms with Crippen molar-refractivity contribution in [1.82, 2.24) is 24.4 Å². The number of esters is 1.